The van der Waals surface area contributed by atoms with Crippen molar-refractivity contribution in [3.63, 3.8) is 0 Å². The highest BCUT2D eigenvalue weighted by Gasteiger charge is 2.35. The molecule has 1 heterocycles. The first-order chi connectivity index (χ1) is 8.63. The summed E-state index contributed by atoms with van der Waals surface area (Å²) < 4.78 is 6.27. The Morgan fingerprint density at radius 2 is 2.22 bits per heavy atom. The van der Waals surface area contributed by atoms with Gasteiger partial charge in [-0.2, -0.15) is 0 Å². The van der Waals surface area contributed by atoms with Crippen molar-refractivity contribution < 1.29 is 9.53 Å². The maximum absolute atomic E-state index is 12.0. The maximum atomic E-state index is 12.0. The molecule has 0 aliphatic heterocycles. The summed E-state index contributed by atoms with van der Waals surface area (Å²) in [5.41, 5.74) is 1.02. The Kier molecular flexibility index (Phi) is 4.78. The topological polar surface area (TPSA) is 39.2 Å². The molecule has 0 N–H and O–H groups in total. The second kappa shape index (κ2) is 6.15. The van der Waals surface area contributed by atoms with Gasteiger partial charge in [0.2, 0.25) is 0 Å². The highest BCUT2D eigenvalue weighted by molar-refractivity contribution is 9.11. The summed E-state index contributed by atoms with van der Waals surface area (Å²) in [7, 11) is 0. The molecule has 2 atom stereocenters. The number of carbonyl (C=O) groups excluding carboxylic acids is 1. The molecule has 2 rings (SSSR count). The summed E-state index contributed by atoms with van der Waals surface area (Å²) in [6.07, 6.45) is 4.27. The molecule has 3 nitrogen and oxygen atoms in total. The van der Waals surface area contributed by atoms with Crippen molar-refractivity contribution in [2.75, 3.05) is 6.61 Å². The van der Waals surface area contributed by atoms with Crippen LogP contribution in [0.25, 0.3) is 0 Å². The lowest BCUT2D eigenvalue weighted by atomic mass is 9.79. The number of hydrogen-bond acceptors (Lipinski definition) is 4. The van der Waals surface area contributed by atoms with Crippen molar-refractivity contribution in [3.8, 4) is 0 Å². The van der Waals surface area contributed by atoms with E-state index in [0.29, 0.717) is 6.61 Å². The van der Waals surface area contributed by atoms with Crippen molar-refractivity contribution in [3.05, 3.63) is 14.5 Å². The van der Waals surface area contributed by atoms with E-state index >= 15 is 0 Å². The van der Waals surface area contributed by atoms with Crippen LogP contribution in [-0.4, -0.2) is 17.6 Å². The van der Waals surface area contributed by atoms with Crippen molar-refractivity contribution in [2.45, 2.75) is 45.4 Å². The van der Waals surface area contributed by atoms with Crippen LogP contribution in [0.4, 0.5) is 0 Å². The number of halogens is 1. The van der Waals surface area contributed by atoms with E-state index in [1.807, 2.05) is 13.8 Å². The van der Waals surface area contributed by atoms with Crippen molar-refractivity contribution in [2.24, 2.45) is 5.92 Å². The van der Waals surface area contributed by atoms with Crippen LogP contribution in [0.15, 0.2) is 3.79 Å². The molecule has 0 aromatic carbocycles. The second-order valence-corrected chi connectivity index (χ2v) is 7.01. The van der Waals surface area contributed by atoms with Gasteiger partial charge in [0.1, 0.15) is 0 Å². The number of aromatic nitrogens is 1. The van der Waals surface area contributed by atoms with Gasteiger partial charge in [0.15, 0.2) is 0 Å². The van der Waals surface area contributed by atoms with Gasteiger partial charge < -0.3 is 4.74 Å². The highest BCUT2D eigenvalue weighted by atomic mass is 79.9. The maximum Gasteiger partial charge on any atom is 0.309 e. The lowest BCUT2D eigenvalue weighted by Crippen LogP contribution is -2.27. The Balaban J connectivity index is 2.19. The smallest absolute Gasteiger partial charge is 0.309 e. The number of carbonyl (C=O) groups is 1. The fraction of sp³-hybridized carbons (Fsp3) is 0.692. The van der Waals surface area contributed by atoms with Crippen molar-refractivity contribution in [1.82, 2.24) is 4.98 Å². The van der Waals surface area contributed by atoms with Gasteiger partial charge in [-0.15, -0.1) is 11.3 Å². The summed E-state index contributed by atoms with van der Waals surface area (Å²) >= 11 is 5.17. The van der Waals surface area contributed by atoms with E-state index in [0.717, 1.165) is 33.8 Å². The number of hydrogen-bond donors (Lipinski definition) is 0. The number of rotatable bonds is 3. The van der Waals surface area contributed by atoms with Gasteiger partial charge >= 0.3 is 5.97 Å². The van der Waals surface area contributed by atoms with E-state index in [1.54, 1.807) is 11.3 Å². The molecular formula is C13H18BrNO2S. The van der Waals surface area contributed by atoms with E-state index in [9.17, 15) is 4.79 Å². The van der Waals surface area contributed by atoms with Crippen LogP contribution in [0.2, 0.25) is 0 Å². The van der Waals surface area contributed by atoms with Gasteiger partial charge in [-0.05, 0) is 42.6 Å². The summed E-state index contributed by atoms with van der Waals surface area (Å²) in [5.74, 6) is 0.190. The van der Waals surface area contributed by atoms with Gasteiger partial charge in [-0.1, -0.05) is 12.8 Å². The Morgan fingerprint density at radius 1 is 1.50 bits per heavy atom. The molecule has 2 unspecified atom stereocenters. The average Bonchev–Trinajstić information content (AvgIpc) is 2.70. The van der Waals surface area contributed by atoms with Gasteiger partial charge in [-0.25, -0.2) is 4.98 Å². The zero-order valence-electron chi connectivity index (χ0n) is 10.7. The van der Waals surface area contributed by atoms with E-state index in [4.69, 9.17) is 4.74 Å². The Labute approximate surface area is 120 Å². The molecular weight excluding hydrogens is 314 g/mol. The molecule has 0 saturated heterocycles. The Bertz CT molecular complexity index is 413. The van der Waals surface area contributed by atoms with E-state index in [1.165, 1.54) is 6.42 Å². The fourth-order valence-corrected chi connectivity index (χ4v) is 4.09. The van der Waals surface area contributed by atoms with E-state index in [-0.39, 0.29) is 17.8 Å². The first-order valence-electron chi connectivity index (χ1n) is 6.43. The lowest BCUT2D eigenvalue weighted by molar-refractivity contribution is -0.149. The van der Waals surface area contributed by atoms with Crippen LogP contribution < -0.4 is 0 Å². The SMILES string of the molecule is CCOC(=O)C1CCCCC1c1nc(C)c(Br)s1. The fourth-order valence-electron chi connectivity index (χ4n) is 2.51. The molecule has 18 heavy (non-hydrogen) atoms. The summed E-state index contributed by atoms with van der Waals surface area (Å²) in [4.78, 5) is 16.6. The first-order valence-corrected chi connectivity index (χ1v) is 8.04. The normalized spacial score (nSPS) is 23.9. The number of nitrogens with zero attached hydrogens (tertiary/aromatic N) is 1. The van der Waals surface area contributed by atoms with Crippen LogP contribution in [0.3, 0.4) is 0 Å². The quantitative estimate of drug-likeness (QED) is 0.784. The Morgan fingerprint density at radius 3 is 2.83 bits per heavy atom. The minimum absolute atomic E-state index is 0.00356. The number of aryl methyl sites for hydroxylation is 1. The molecule has 1 saturated carbocycles. The minimum Gasteiger partial charge on any atom is -0.466 e. The standard InChI is InChI=1S/C13H18BrNO2S/c1-3-17-13(16)10-7-5-4-6-9(10)12-15-8(2)11(14)18-12/h9-10H,3-7H2,1-2H3. The molecule has 1 aliphatic rings. The summed E-state index contributed by atoms with van der Waals surface area (Å²) in [6.45, 7) is 4.31. The summed E-state index contributed by atoms with van der Waals surface area (Å²) in [5, 5.41) is 1.08. The van der Waals surface area contributed by atoms with Gasteiger partial charge in [-0.3, -0.25) is 4.79 Å². The molecule has 100 valence electrons. The van der Waals surface area contributed by atoms with Crippen molar-refractivity contribution in [1.29, 1.82) is 0 Å². The molecule has 5 heteroatoms. The lowest BCUT2D eigenvalue weighted by Gasteiger charge is -2.28. The highest BCUT2D eigenvalue weighted by Crippen LogP contribution is 2.41. The molecule has 1 aromatic heterocycles. The van der Waals surface area contributed by atoms with Crippen LogP contribution in [0, 0.1) is 12.8 Å². The first kappa shape index (κ1) is 14.0. The predicted octanol–water partition coefficient (Wildman–Crippen LogP) is 4.05. The van der Waals surface area contributed by atoms with Crippen LogP contribution in [0.1, 0.15) is 49.2 Å². The van der Waals surface area contributed by atoms with Crippen molar-refractivity contribution >= 4 is 33.2 Å². The third-order valence-corrected chi connectivity index (χ3v) is 5.57. The van der Waals surface area contributed by atoms with Crippen LogP contribution in [-0.2, 0) is 9.53 Å². The monoisotopic (exact) mass is 331 g/mol. The molecule has 1 fully saturated rings. The molecule has 1 aromatic rings. The molecule has 0 spiro atoms. The molecule has 0 bridgehead atoms. The molecule has 0 radical (unpaired) electrons. The molecule has 1 aliphatic carbocycles. The minimum atomic E-state index is -0.0498. The Hall–Kier alpha value is -0.420. The zero-order chi connectivity index (χ0) is 13.1. The largest absolute Gasteiger partial charge is 0.466 e. The average molecular weight is 332 g/mol. The third-order valence-electron chi connectivity index (χ3n) is 3.43. The van der Waals surface area contributed by atoms with Gasteiger partial charge in [0.05, 0.1) is 27.0 Å². The number of ether oxygens (including phenoxy) is 1. The van der Waals surface area contributed by atoms with Gasteiger partial charge in [0, 0.05) is 5.92 Å². The summed E-state index contributed by atoms with van der Waals surface area (Å²) in [6, 6.07) is 0. The van der Waals surface area contributed by atoms with E-state index < -0.39 is 0 Å². The predicted molar refractivity (Wildman–Crippen MR) is 75.9 cm³/mol. The second-order valence-electron chi connectivity index (χ2n) is 4.66. The zero-order valence-corrected chi connectivity index (χ0v) is 13.1. The number of thiazole rings is 1. The van der Waals surface area contributed by atoms with Crippen LogP contribution in [0.5, 0.6) is 0 Å². The van der Waals surface area contributed by atoms with E-state index in [2.05, 4.69) is 20.9 Å². The molecule has 0 amide bonds. The van der Waals surface area contributed by atoms with Gasteiger partial charge in [0.25, 0.3) is 0 Å². The van der Waals surface area contributed by atoms with Crippen LogP contribution >= 0.6 is 27.3 Å². The third kappa shape index (κ3) is 2.94. The number of esters is 1.